The molecule has 1 atom stereocenters. The molecule has 116 valence electrons. The number of aromatic nitrogens is 1. The van der Waals surface area contributed by atoms with E-state index in [9.17, 15) is 4.79 Å². The van der Waals surface area contributed by atoms with Crippen LogP contribution in [0.1, 0.15) is 39.5 Å². The Hall–Kier alpha value is -2.30. The molecule has 2 aromatic rings. The Morgan fingerprint density at radius 1 is 1.32 bits per heavy atom. The molecule has 0 fully saturated rings. The molecule has 1 aliphatic carbocycles. The summed E-state index contributed by atoms with van der Waals surface area (Å²) in [5, 5.41) is 7.19. The third-order valence-electron chi connectivity index (χ3n) is 4.31. The maximum Gasteiger partial charge on any atom is 0.253 e. The smallest absolute Gasteiger partial charge is 0.253 e. The number of fused-ring (bicyclic) bond motifs is 1. The van der Waals surface area contributed by atoms with Crippen LogP contribution < -0.4 is 5.32 Å². The molecule has 0 saturated carbocycles. The number of anilines is 1. The quantitative estimate of drug-likeness (QED) is 0.946. The highest BCUT2D eigenvalue weighted by atomic mass is 16.5. The van der Waals surface area contributed by atoms with E-state index >= 15 is 0 Å². The van der Waals surface area contributed by atoms with Gasteiger partial charge in [-0.2, -0.15) is 0 Å². The summed E-state index contributed by atoms with van der Waals surface area (Å²) in [5.41, 5.74) is 4.25. The number of amides is 1. The van der Waals surface area contributed by atoms with Crippen LogP contribution in [-0.4, -0.2) is 37.1 Å². The summed E-state index contributed by atoms with van der Waals surface area (Å²) in [7, 11) is 5.39. The van der Waals surface area contributed by atoms with Gasteiger partial charge >= 0.3 is 0 Å². The number of carbonyl (C=O) groups excluding carboxylic acids is 1. The molecule has 1 unspecified atom stereocenters. The van der Waals surface area contributed by atoms with Crippen molar-refractivity contribution in [1.29, 1.82) is 0 Å². The van der Waals surface area contributed by atoms with Crippen LogP contribution in [0.15, 0.2) is 28.8 Å². The summed E-state index contributed by atoms with van der Waals surface area (Å²) in [5.74, 6) is 1.26. The van der Waals surface area contributed by atoms with Crippen molar-refractivity contribution in [3.8, 4) is 0 Å². The van der Waals surface area contributed by atoms with Crippen molar-refractivity contribution in [2.45, 2.75) is 25.2 Å². The highest BCUT2D eigenvalue weighted by molar-refractivity contribution is 5.93. The number of rotatable bonds is 3. The van der Waals surface area contributed by atoms with Gasteiger partial charge in [-0.1, -0.05) is 17.3 Å². The van der Waals surface area contributed by atoms with E-state index in [2.05, 4.69) is 22.6 Å². The highest BCUT2D eigenvalue weighted by Crippen LogP contribution is 2.35. The third kappa shape index (κ3) is 2.58. The lowest BCUT2D eigenvalue weighted by Crippen LogP contribution is -2.21. The molecular weight excluding hydrogens is 278 g/mol. The molecule has 0 bridgehead atoms. The van der Waals surface area contributed by atoms with Gasteiger partial charge in [0.2, 0.25) is 5.88 Å². The Morgan fingerprint density at radius 2 is 2.05 bits per heavy atom. The molecule has 22 heavy (non-hydrogen) atoms. The van der Waals surface area contributed by atoms with Gasteiger partial charge in [0.25, 0.3) is 5.91 Å². The van der Waals surface area contributed by atoms with Gasteiger partial charge in [-0.3, -0.25) is 4.79 Å². The van der Waals surface area contributed by atoms with Gasteiger partial charge in [0.1, 0.15) is 0 Å². The maximum absolute atomic E-state index is 11.9. The van der Waals surface area contributed by atoms with Crippen molar-refractivity contribution in [3.05, 3.63) is 46.6 Å². The van der Waals surface area contributed by atoms with Crippen molar-refractivity contribution in [2.24, 2.45) is 0 Å². The maximum atomic E-state index is 11.9. The topological polar surface area (TPSA) is 58.4 Å². The molecule has 0 saturated heterocycles. The number of nitrogens with one attached hydrogen (secondary N) is 1. The van der Waals surface area contributed by atoms with Crippen LogP contribution in [0.4, 0.5) is 5.88 Å². The Balaban J connectivity index is 1.79. The Morgan fingerprint density at radius 3 is 2.68 bits per heavy atom. The number of hydrogen-bond acceptors (Lipinski definition) is 4. The molecule has 5 heteroatoms. The molecule has 1 aromatic heterocycles. The van der Waals surface area contributed by atoms with E-state index in [-0.39, 0.29) is 5.91 Å². The molecule has 1 N–H and O–H groups in total. The molecule has 0 radical (unpaired) electrons. The van der Waals surface area contributed by atoms with Crippen LogP contribution in [-0.2, 0) is 12.8 Å². The van der Waals surface area contributed by atoms with Crippen molar-refractivity contribution < 1.29 is 9.32 Å². The lowest BCUT2D eigenvalue weighted by Gasteiger charge is -2.22. The summed E-state index contributed by atoms with van der Waals surface area (Å²) in [6, 6.07) is 7.97. The van der Waals surface area contributed by atoms with E-state index in [1.165, 1.54) is 11.1 Å². The Bertz CT molecular complexity index is 660. The van der Waals surface area contributed by atoms with E-state index in [1.54, 1.807) is 19.0 Å². The summed E-state index contributed by atoms with van der Waals surface area (Å²) in [6.07, 6.45) is 2.92. The number of aryl methyl sites for hydroxylation is 1. The number of hydrogen-bond donors (Lipinski definition) is 1. The van der Waals surface area contributed by atoms with Crippen molar-refractivity contribution >= 4 is 11.8 Å². The largest absolute Gasteiger partial charge is 0.357 e. The minimum absolute atomic E-state index is 0.0361. The summed E-state index contributed by atoms with van der Waals surface area (Å²) >= 11 is 0. The van der Waals surface area contributed by atoms with Gasteiger partial charge in [-0.25, -0.2) is 0 Å². The predicted octanol–water partition coefficient (Wildman–Crippen LogP) is 2.69. The molecule has 0 aliphatic heterocycles. The summed E-state index contributed by atoms with van der Waals surface area (Å²) < 4.78 is 5.32. The fraction of sp³-hybridized carbons (Fsp3) is 0.412. The first kappa shape index (κ1) is 14.6. The molecule has 1 amide bonds. The molecule has 5 nitrogen and oxygen atoms in total. The number of nitrogens with zero attached hydrogens (tertiary/aromatic N) is 2. The van der Waals surface area contributed by atoms with Crippen LogP contribution in [0.5, 0.6) is 0 Å². The van der Waals surface area contributed by atoms with Crippen LogP contribution in [0, 0.1) is 0 Å². The lowest BCUT2D eigenvalue weighted by atomic mass is 9.82. The van der Waals surface area contributed by atoms with Crippen molar-refractivity contribution in [1.82, 2.24) is 10.1 Å². The fourth-order valence-corrected chi connectivity index (χ4v) is 3.05. The van der Waals surface area contributed by atoms with Gasteiger partial charge in [0.15, 0.2) is 0 Å². The summed E-state index contributed by atoms with van der Waals surface area (Å²) in [6.45, 7) is 0. The Kier molecular flexibility index (Phi) is 3.88. The summed E-state index contributed by atoms with van der Waals surface area (Å²) in [4.78, 5) is 13.5. The first-order chi connectivity index (χ1) is 10.6. The lowest BCUT2D eigenvalue weighted by molar-refractivity contribution is 0.0827. The average molecular weight is 299 g/mol. The van der Waals surface area contributed by atoms with E-state index in [0.717, 1.165) is 36.4 Å². The van der Waals surface area contributed by atoms with Gasteiger partial charge < -0.3 is 14.7 Å². The monoisotopic (exact) mass is 299 g/mol. The first-order valence-electron chi connectivity index (χ1n) is 7.57. The van der Waals surface area contributed by atoms with Crippen molar-refractivity contribution in [3.63, 3.8) is 0 Å². The first-order valence-corrected chi connectivity index (χ1v) is 7.57. The third-order valence-corrected chi connectivity index (χ3v) is 4.31. The standard InChI is InChI=1S/C17H21N3O2/c1-18-16-14-10-13(8-9-15(14)19-22-16)11-4-6-12(7-5-11)17(21)20(2)3/h4-7,13,18H,8-10H2,1-3H3. The molecule has 1 aliphatic rings. The van der Waals surface area contributed by atoms with E-state index < -0.39 is 0 Å². The second-order valence-corrected chi connectivity index (χ2v) is 5.95. The van der Waals surface area contributed by atoms with Gasteiger partial charge in [-0.15, -0.1) is 0 Å². The van der Waals surface area contributed by atoms with Crippen LogP contribution in [0.25, 0.3) is 0 Å². The second-order valence-electron chi connectivity index (χ2n) is 5.95. The van der Waals surface area contributed by atoms with E-state index in [0.29, 0.717) is 5.92 Å². The molecule has 1 aromatic carbocycles. The predicted molar refractivity (Wildman–Crippen MR) is 85.3 cm³/mol. The van der Waals surface area contributed by atoms with E-state index in [1.807, 2.05) is 19.2 Å². The minimum atomic E-state index is 0.0361. The Labute approximate surface area is 130 Å². The zero-order valence-corrected chi connectivity index (χ0v) is 13.2. The normalized spacial score (nSPS) is 17.0. The van der Waals surface area contributed by atoms with Gasteiger partial charge in [-0.05, 0) is 42.9 Å². The van der Waals surface area contributed by atoms with Gasteiger partial charge in [0, 0.05) is 32.3 Å². The molecular formula is C17H21N3O2. The zero-order chi connectivity index (χ0) is 15.7. The molecule has 0 spiro atoms. The number of benzene rings is 1. The van der Waals surface area contributed by atoms with Crippen LogP contribution in [0.3, 0.4) is 0 Å². The zero-order valence-electron chi connectivity index (χ0n) is 13.2. The number of carbonyl (C=O) groups is 1. The molecule has 3 rings (SSSR count). The minimum Gasteiger partial charge on any atom is -0.357 e. The van der Waals surface area contributed by atoms with Gasteiger partial charge in [0.05, 0.1) is 5.69 Å². The average Bonchev–Trinajstić information content (AvgIpc) is 2.96. The van der Waals surface area contributed by atoms with Crippen LogP contribution >= 0.6 is 0 Å². The van der Waals surface area contributed by atoms with Crippen molar-refractivity contribution in [2.75, 3.05) is 26.5 Å². The van der Waals surface area contributed by atoms with E-state index in [4.69, 9.17) is 4.52 Å². The second kappa shape index (κ2) is 5.83. The highest BCUT2D eigenvalue weighted by Gasteiger charge is 2.26. The molecule has 1 heterocycles. The van der Waals surface area contributed by atoms with Crippen LogP contribution in [0.2, 0.25) is 0 Å². The fourth-order valence-electron chi connectivity index (χ4n) is 3.05. The SMILES string of the molecule is CNc1onc2c1CC(c1ccc(C(=O)N(C)C)cc1)CC2.